The zero-order chi connectivity index (χ0) is 22.5. The topological polar surface area (TPSA) is 71.4 Å². The molecule has 2 aromatic heterocycles. The van der Waals surface area contributed by atoms with Gasteiger partial charge < -0.3 is 10.3 Å². The van der Waals surface area contributed by atoms with E-state index >= 15 is 0 Å². The number of rotatable bonds is 9. The van der Waals surface area contributed by atoms with Crippen molar-refractivity contribution in [3.8, 4) is 22.5 Å². The molecule has 0 amide bonds. The zero-order valence-corrected chi connectivity index (χ0v) is 18.8. The second-order valence-electron chi connectivity index (χ2n) is 8.27. The van der Waals surface area contributed by atoms with Crippen LogP contribution in [0.1, 0.15) is 25.3 Å². The smallest absolute Gasteiger partial charge is 0.200 e. The van der Waals surface area contributed by atoms with E-state index in [9.17, 15) is 0 Å². The Morgan fingerprint density at radius 1 is 0.970 bits per heavy atom. The Hall–Kier alpha value is -3.93. The van der Waals surface area contributed by atoms with Gasteiger partial charge in [-0.25, -0.2) is 4.98 Å². The number of anilines is 1. The number of benzene rings is 3. The Labute approximate surface area is 193 Å². The van der Waals surface area contributed by atoms with Crippen LogP contribution in [0.5, 0.6) is 0 Å². The van der Waals surface area contributed by atoms with E-state index in [1.54, 1.807) is 0 Å². The molecule has 5 rings (SSSR count). The summed E-state index contributed by atoms with van der Waals surface area (Å²) in [6, 6.07) is 23.4. The minimum Gasteiger partial charge on any atom is -0.354 e. The average molecular weight is 437 g/mol. The first-order chi connectivity index (χ1) is 16.3. The van der Waals surface area contributed by atoms with Crippen LogP contribution in [0.25, 0.3) is 33.3 Å². The van der Waals surface area contributed by atoms with Crippen LogP contribution < -0.4 is 5.32 Å². The quantitative estimate of drug-likeness (QED) is 0.300. The minimum atomic E-state index is 0.696. The number of fused-ring (bicyclic) bond motifs is 1. The molecule has 166 valence electrons. The van der Waals surface area contributed by atoms with E-state index in [2.05, 4.69) is 99.3 Å². The molecule has 3 aromatic carbocycles. The van der Waals surface area contributed by atoms with Crippen LogP contribution in [0.2, 0.25) is 0 Å². The van der Waals surface area contributed by atoms with Crippen molar-refractivity contribution < 1.29 is 0 Å². The predicted molar refractivity (Wildman–Crippen MR) is 134 cm³/mol. The highest BCUT2D eigenvalue weighted by atomic mass is 15.4. The molecule has 0 unspecified atom stereocenters. The van der Waals surface area contributed by atoms with Gasteiger partial charge in [0.1, 0.15) is 5.69 Å². The molecule has 33 heavy (non-hydrogen) atoms. The maximum absolute atomic E-state index is 4.50. The third kappa shape index (κ3) is 4.80. The molecule has 0 fully saturated rings. The first-order valence-corrected chi connectivity index (χ1v) is 11.6. The molecule has 0 spiro atoms. The monoisotopic (exact) mass is 436 g/mol. The molecule has 6 nitrogen and oxygen atoms in total. The van der Waals surface area contributed by atoms with Gasteiger partial charge in [0.15, 0.2) is 0 Å². The highest BCUT2D eigenvalue weighted by molar-refractivity contribution is 5.95. The van der Waals surface area contributed by atoms with E-state index in [-0.39, 0.29) is 0 Å². The molecule has 0 atom stereocenters. The number of H-pyrrole nitrogens is 1. The van der Waals surface area contributed by atoms with Gasteiger partial charge in [-0.15, -0.1) is 5.10 Å². The maximum Gasteiger partial charge on any atom is 0.200 e. The van der Waals surface area contributed by atoms with Gasteiger partial charge in [-0.05, 0) is 29.2 Å². The summed E-state index contributed by atoms with van der Waals surface area (Å²) in [5.74, 6) is 0.751. The fourth-order valence-corrected chi connectivity index (χ4v) is 4.06. The lowest BCUT2D eigenvalue weighted by Crippen LogP contribution is -2.11. The number of unbranched alkanes of at least 4 members (excludes halogenated alkanes) is 1. The van der Waals surface area contributed by atoms with E-state index < -0.39 is 0 Å². The maximum atomic E-state index is 4.50. The second kappa shape index (κ2) is 9.69. The summed E-state index contributed by atoms with van der Waals surface area (Å²) >= 11 is 0. The molecule has 0 bridgehead atoms. The number of hydrogen-bond donors (Lipinski definition) is 2. The number of nitrogens with one attached hydrogen (secondary N) is 2. The molecule has 0 aliphatic carbocycles. The van der Waals surface area contributed by atoms with Crippen LogP contribution in [0.3, 0.4) is 0 Å². The molecule has 0 aliphatic rings. The van der Waals surface area contributed by atoms with Crippen molar-refractivity contribution in [1.82, 2.24) is 25.0 Å². The Bertz CT molecular complexity index is 1330. The fraction of sp³-hybridized carbons (Fsp3) is 0.222. The van der Waals surface area contributed by atoms with Gasteiger partial charge in [0.05, 0.1) is 24.6 Å². The molecule has 2 heterocycles. The highest BCUT2D eigenvalue weighted by Gasteiger charge is 2.08. The van der Waals surface area contributed by atoms with Crippen LogP contribution >= 0.6 is 0 Å². The summed E-state index contributed by atoms with van der Waals surface area (Å²) in [5, 5.41) is 14.4. The third-order valence-electron chi connectivity index (χ3n) is 5.90. The molecule has 6 heteroatoms. The summed E-state index contributed by atoms with van der Waals surface area (Å²) in [5.41, 5.74) is 5.52. The largest absolute Gasteiger partial charge is 0.354 e. The van der Waals surface area contributed by atoms with Crippen LogP contribution in [-0.2, 0) is 13.0 Å². The summed E-state index contributed by atoms with van der Waals surface area (Å²) < 4.78 is 1.86. The van der Waals surface area contributed by atoms with Gasteiger partial charge in [-0.2, -0.15) is 0 Å². The first-order valence-electron chi connectivity index (χ1n) is 11.6. The SMILES string of the molecule is CCCCc1ccc(-c2cn(CCNc3ncc(-c4cccc5ccccc45)[nH]3)nn2)cc1. The van der Waals surface area contributed by atoms with Crippen molar-refractivity contribution in [3.63, 3.8) is 0 Å². The Balaban J connectivity index is 1.19. The highest BCUT2D eigenvalue weighted by Crippen LogP contribution is 2.27. The minimum absolute atomic E-state index is 0.696. The number of aromatic nitrogens is 5. The van der Waals surface area contributed by atoms with E-state index in [4.69, 9.17) is 0 Å². The second-order valence-corrected chi connectivity index (χ2v) is 8.27. The lowest BCUT2D eigenvalue weighted by atomic mass is 10.0. The number of aryl methyl sites for hydroxylation is 1. The lowest BCUT2D eigenvalue weighted by Gasteiger charge is -2.05. The molecule has 2 N–H and O–H groups in total. The molecule has 0 saturated heterocycles. The number of aromatic amines is 1. The van der Waals surface area contributed by atoms with E-state index in [0.29, 0.717) is 13.1 Å². The molecule has 0 aliphatic heterocycles. The Morgan fingerprint density at radius 2 is 1.82 bits per heavy atom. The number of imidazole rings is 1. The molecule has 0 saturated carbocycles. The summed E-state index contributed by atoms with van der Waals surface area (Å²) in [7, 11) is 0. The summed E-state index contributed by atoms with van der Waals surface area (Å²) in [6.07, 6.45) is 7.44. The van der Waals surface area contributed by atoms with Crippen molar-refractivity contribution in [2.24, 2.45) is 0 Å². The van der Waals surface area contributed by atoms with Gasteiger partial charge in [0, 0.05) is 17.7 Å². The molecule has 5 aromatic rings. The molecule has 0 radical (unpaired) electrons. The van der Waals surface area contributed by atoms with Gasteiger partial charge in [0.2, 0.25) is 5.95 Å². The standard InChI is InChI=1S/C27H28N6/c1-2-3-7-20-12-14-22(15-13-20)26-19-33(32-31-26)17-16-28-27-29-18-25(30-27)24-11-6-9-21-8-4-5-10-23(21)24/h4-6,8-15,18-19H,2-3,7,16-17H2,1H3,(H2,28,29,30). The van der Waals surface area contributed by atoms with Crippen LogP contribution in [-0.4, -0.2) is 31.5 Å². The normalized spacial score (nSPS) is 11.2. The van der Waals surface area contributed by atoms with Gasteiger partial charge in [-0.1, -0.05) is 85.3 Å². The van der Waals surface area contributed by atoms with Crippen LogP contribution in [0.4, 0.5) is 5.95 Å². The molecular weight excluding hydrogens is 408 g/mol. The Morgan fingerprint density at radius 3 is 2.70 bits per heavy atom. The van der Waals surface area contributed by atoms with Crippen molar-refractivity contribution in [1.29, 1.82) is 0 Å². The van der Waals surface area contributed by atoms with Crippen molar-refractivity contribution >= 4 is 16.7 Å². The fourth-order valence-electron chi connectivity index (χ4n) is 4.06. The van der Waals surface area contributed by atoms with Gasteiger partial charge in [-0.3, -0.25) is 4.68 Å². The predicted octanol–water partition coefficient (Wildman–Crippen LogP) is 5.94. The van der Waals surface area contributed by atoms with Crippen LogP contribution in [0.15, 0.2) is 79.1 Å². The van der Waals surface area contributed by atoms with E-state index in [1.165, 1.54) is 29.2 Å². The van der Waals surface area contributed by atoms with Crippen molar-refractivity contribution in [3.05, 3.63) is 84.7 Å². The summed E-state index contributed by atoms with van der Waals surface area (Å²) in [6.45, 7) is 3.62. The lowest BCUT2D eigenvalue weighted by molar-refractivity contribution is 0.608. The average Bonchev–Trinajstić information content (AvgIpc) is 3.53. The third-order valence-corrected chi connectivity index (χ3v) is 5.90. The molecular formula is C27H28N6. The van der Waals surface area contributed by atoms with Crippen LogP contribution in [0, 0.1) is 0 Å². The van der Waals surface area contributed by atoms with Crippen molar-refractivity contribution in [2.45, 2.75) is 32.7 Å². The van der Waals surface area contributed by atoms with Crippen molar-refractivity contribution in [2.75, 3.05) is 11.9 Å². The van der Waals surface area contributed by atoms with E-state index in [0.717, 1.165) is 34.9 Å². The van der Waals surface area contributed by atoms with Gasteiger partial charge >= 0.3 is 0 Å². The van der Waals surface area contributed by atoms with E-state index in [1.807, 2.05) is 17.1 Å². The summed E-state index contributed by atoms with van der Waals surface area (Å²) in [4.78, 5) is 7.89. The number of hydrogen-bond acceptors (Lipinski definition) is 4. The zero-order valence-electron chi connectivity index (χ0n) is 18.8. The number of nitrogens with zero attached hydrogens (tertiary/aromatic N) is 4. The first kappa shape index (κ1) is 20.9. The Kier molecular flexibility index (Phi) is 6.15. The van der Waals surface area contributed by atoms with Gasteiger partial charge in [0.25, 0.3) is 0 Å².